The minimum atomic E-state index is -0.213. The van der Waals surface area contributed by atoms with Gasteiger partial charge in [0.2, 0.25) is 5.56 Å². The van der Waals surface area contributed by atoms with E-state index in [0.717, 1.165) is 12.2 Å². The molecular formula is C15H21N3O2. The number of carbonyl (C=O) groups excluding carboxylic acids is 1. The van der Waals surface area contributed by atoms with Gasteiger partial charge in [0.1, 0.15) is 0 Å². The second-order valence-corrected chi connectivity index (χ2v) is 5.99. The topological polar surface area (TPSA) is 79.2 Å². The third kappa shape index (κ3) is 2.50. The summed E-state index contributed by atoms with van der Waals surface area (Å²) < 4.78 is 0. The van der Waals surface area contributed by atoms with Crippen molar-refractivity contribution < 1.29 is 4.79 Å². The van der Waals surface area contributed by atoms with Crippen molar-refractivity contribution >= 4 is 5.91 Å². The number of hydrogen-bond acceptors (Lipinski definition) is 3. The van der Waals surface area contributed by atoms with E-state index in [2.05, 4.69) is 4.98 Å². The molecule has 1 saturated carbocycles. The van der Waals surface area contributed by atoms with E-state index >= 15 is 0 Å². The fourth-order valence-corrected chi connectivity index (χ4v) is 3.14. The van der Waals surface area contributed by atoms with Gasteiger partial charge in [-0.1, -0.05) is 6.92 Å². The number of amides is 1. The molecule has 3 rings (SSSR count). The van der Waals surface area contributed by atoms with E-state index in [4.69, 9.17) is 5.73 Å². The Morgan fingerprint density at radius 1 is 1.40 bits per heavy atom. The van der Waals surface area contributed by atoms with Crippen molar-refractivity contribution in [2.24, 2.45) is 17.6 Å². The number of aromatic nitrogens is 1. The number of nitrogens with zero attached hydrogens (tertiary/aromatic N) is 1. The van der Waals surface area contributed by atoms with Gasteiger partial charge in [-0.15, -0.1) is 0 Å². The number of H-pyrrole nitrogens is 1. The molecule has 1 amide bonds. The van der Waals surface area contributed by atoms with E-state index in [-0.39, 0.29) is 17.5 Å². The summed E-state index contributed by atoms with van der Waals surface area (Å²) in [6, 6.07) is 3.25. The van der Waals surface area contributed by atoms with Gasteiger partial charge in [-0.3, -0.25) is 9.59 Å². The quantitative estimate of drug-likeness (QED) is 0.854. The molecule has 1 saturated heterocycles. The molecule has 1 aliphatic heterocycles. The molecule has 1 aliphatic carbocycles. The van der Waals surface area contributed by atoms with E-state index < -0.39 is 0 Å². The Morgan fingerprint density at radius 3 is 2.80 bits per heavy atom. The number of aromatic amines is 1. The van der Waals surface area contributed by atoms with Crippen molar-refractivity contribution in [3.8, 4) is 0 Å². The highest BCUT2D eigenvalue weighted by atomic mass is 16.2. The molecule has 2 fully saturated rings. The molecule has 5 heteroatoms. The third-order valence-electron chi connectivity index (χ3n) is 4.46. The van der Waals surface area contributed by atoms with Crippen molar-refractivity contribution in [3.63, 3.8) is 0 Å². The number of pyridine rings is 1. The summed E-state index contributed by atoms with van der Waals surface area (Å²) in [5.74, 6) is 1.07. The fraction of sp³-hybridized carbons (Fsp3) is 0.600. The Hall–Kier alpha value is -1.62. The van der Waals surface area contributed by atoms with Gasteiger partial charge in [0, 0.05) is 36.5 Å². The van der Waals surface area contributed by atoms with Crippen LogP contribution >= 0.6 is 0 Å². The summed E-state index contributed by atoms with van der Waals surface area (Å²) in [6.07, 6.45) is 3.19. The summed E-state index contributed by atoms with van der Waals surface area (Å²) in [7, 11) is 0. The van der Waals surface area contributed by atoms with Gasteiger partial charge < -0.3 is 15.6 Å². The Balaban J connectivity index is 1.79. The van der Waals surface area contributed by atoms with Gasteiger partial charge >= 0.3 is 0 Å². The average molecular weight is 275 g/mol. The lowest BCUT2D eigenvalue weighted by molar-refractivity contribution is 0.0784. The standard InChI is InChI=1S/C15H21N3O2/c1-2-11-5-10(6-14(19)17-11)15(20)18-7-12(9-3-4-9)13(16)8-18/h5-6,9,12-13H,2-4,7-8,16H2,1H3,(H,17,19)/t12-,13+/m1/s1. The van der Waals surface area contributed by atoms with Crippen LogP contribution in [-0.4, -0.2) is 34.9 Å². The molecule has 2 aliphatic rings. The van der Waals surface area contributed by atoms with Crippen LogP contribution < -0.4 is 11.3 Å². The summed E-state index contributed by atoms with van der Waals surface area (Å²) in [4.78, 5) is 28.6. The second-order valence-electron chi connectivity index (χ2n) is 5.99. The highest BCUT2D eigenvalue weighted by Crippen LogP contribution is 2.41. The normalized spacial score (nSPS) is 26.0. The number of carbonyl (C=O) groups is 1. The highest BCUT2D eigenvalue weighted by Gasteiger charge is 2.42. The molecular weight excluding hydrogens is 254 g/mol. The van der Waals surface area contributed by atoms with Crippen LogP contribution in [0.3, 0.4) is 0 Å². The predicted molar refractivity (Wildman–Crippen MR) is 76.5 cm³/mol. The Morgan fingerprint density at radius 2 is 2.15 bits per heavy atom. The molecule has 5 nitrogen and oxygen atoms in total. The lowest BCUT2D eigenvalue weighted by Gasteiger charge is -2.16. The van der Waals surface area contributed by atoms with Gasteiger partial charge in [0.25, 0.3) is 5.91 Å². The molecule has 3 N–H and O–H groups in total. The Kier molecular flexibility index (Phi) is 3.38. The van der Waals surface area contributed by atoms with Crippen molar-refractivity contribution in [3.05, 3.63) is 33.7 Å². The highest BCUT2D eigenvalue weighted by molar-refractivity contribution is 5.94. The molecule has 0 bridgehead atoms. The minimum absolute atomic E-state index is 0.0654. The molecule has 0 aromatic carbocycles. The average Bonchev–Trinajstić information content (AvgIpc) is 3.20. The van der Waals surface area contributed by atoms with Gasteiger partial charge in [0.05, 0.1) is 0 Å². The van der Waals surface area contributed by atoms with Gasteiger partial charge in [0.15, 0.2) is 0 Å². The number of nitrogens with two attached hydrogens (primary N) is 1. The van der Waals surface area contributed by atoms with E-state index in [1.54, 1.807) is 6.07 Å². The second kappa shape index (κ2) is 5.05. The molecule has 2 heterocycles. The Labute approximate surface area is 118 Å². The maximum absolute atomic E-state index is 12.5. The fourth-order valence-electron chi connectivity index (χ4n) is 3.14. The summed E-state index contributed by atoms with van der Waals surface area (Å²) in [5.41, 5.74) is 7.21. The van der Waals surface area contributed by atoms with Crippen LogP contribution in [-0.2, 0) is 6.42 Å². The van der Waals surface area contributed by atoms with Crippen LogP contribution in [0, 0.1) is 11.8 Å². The van der Waals surface area contributed by atoms with E-state index in [1.807, 2.05) is 11.8 Å². The van der Waals surface area contributed by atoms with Crippen LogP contribution in [0.15, 0.2) is 16.9 Å². The van der Waals surface area contributed by atoms with Crippen LogP contribution in [0.4, 0.5) is 0 Å². The molecule has 0 radical (unpaired) electrons. The predicted octanol–water partition coefficient (Wildman–Crippen LogP) is 0.747. The maximum Gasteiger partial charge on any atom is 0.254 e. The molecule has 0 unspecified atom stereocenters. The molecule has 1 aromatic rings. The molecule has 2 atom stereocenters. The van der Waals surface area contributed by atoms with Crippen LogP contribution in [0.2, 0.25) is 0 Å². The lowest BCUT2D eigenvalue weighted by Crippen LogP contribution is -2.33. The monoisotopic (exact) mass is 275 g/mol. The number of rotatable bonds is 3. The minimum Gasteiger partial charge on any atom is -0.337 e. The SMILES string of the molecule is CCc1cc(C(=O)N2C[C@H](C3CC3)[C@@H](N)C2)cc(=O)[nH]1. The smallest absolute Gasteiger partial charge is 0.254 e. The van der Waals surface area contributed by atoms with Crippen molar-refractivity contribution in [1.82, 2.24) is 9.88 Å². The zero-order valence-electron chi connectivity index (χ0n) is 11.8. The zero-order valence-corrected chi connectivity index (χ0v) is 11.8. The van der Waals surface area contributed by atoms with Crippen molar-refractivity contribution in [2.75, 3.05) is 13.1 Å². The summed E-state index contributed by atoms with van der Waals surface area (Å²) in [6.45, 7) is 3.29. The molecule has 108 valence electrons. The van der Waals surface area contributed by atoms with Crippen molar-refractivity contribution in [1.29, 1.82) is 0 Å². The van der Waals surface area contributed by atoms with E-state index in [1.165, 1.54) is 18.9 Å². The number of hydrogen-bond donors (Lipinski definition) is 2. The first kappa shape index (κ1) is 13.4. The Bertz CT molecular complexity index is 577. The van der Waals surface area contributed by atoms with Gasteiger partial charge in [-0.2, -0.15) is 0 Å². The molecule has 20 heavy (non-hydrogen) atoms. The largest absolute Gasteiger partial charge is 0.337 e. The van der Waals surface area contributed by atoms with E-state index in [0.29, 0.717) is 30.4 Å². The van der Waals surface area contributed by atoms with Crippen LogP contribution in [0.5, 0.6) is 0 Å². The number of likely N-dealkylation sites (tertiary alicyclic amines) is 1. The van der Waals surface area contributed by atoms with Gasteiger partial charge in [-0.05, 0) is 37.2 Å². The number of aryl methyl sites for hydroxylation is 1. The van der Waals surface area contributed by atoms with Crippen LogP contribution in [0.25, 0.3) is 0 Å². The first-order valence-corrected chi connectivity index (χ1v) is 7.36. The third-order valence-corrected chi connectivity index (χ3v) is 4.46. The van der Waals surface area contributed by atoms with Gasteiger partial charge in [-0.25, -0.2) is 0 Å². The molecule has 0 spiro atoms. The van der Waals surface area contributed by atoms with E-state index in [9.17, 15) is 9.59 Å². The first-order valence-electron chi connectivity index (χ1n) is 7.36. The maximum atomic E-state index is 12.5. The first-order chi connectivity index (χ1) is 9.58. The lowest BCUT2D eigenvalue weighted by atomic mass is 9.99. The van der Waals surface area contributed by atoms with Crippen LogP contribution in [0.1, 0.15) is 35.8 Å². The number of nitrogens with one attached hydrogen (secondary N) is 1. The molecule has 1 aromatic heterocycles. The summed E-state index contributed by atoms with van der Waals surface area (Å²) in [5, 5.41) is 0. The van der Waals surface area contributed by atoms with Crippen molar-refractivity contribution in [2.45, 2.75) is 32.2 Å². The zero-order chi connectivity index (χ0) is 14.3. The summed E-state index contributed by atoms with van der Waals surface area (Å²) >= 11 is 0.